The van der Waals surface area contributed by atoms with E-state index in [9.17, 15) is 24.4 Å². The van der Waals surface area contributed by atoms with Crippen LogP contribution in [0.1, 0.15) is 201 Å². The van der Waals surface area contributed by atoms with Crippen molar-refractivity contribution in [1.82, 2.24) is 0 Å². The van der Waals surface area contributed by atoms with E-state index >= 15 is 0 Å². The fourth-order valence-electron chi connectivity index (χ4n) is 6.46. The van der Waals surface area contributed by atoms with Gasteiger partial charge in [0, 0.05) is 12.8 Å². The summed E-state index contributed by atoms with van der Waals surface area (Å²) in [5, 5.41) is 20.2. The number of phosphoric acid groups is 1. The Labute approximate surface area is 353 Å². The molecule has 4 N–H and O–H groups in total. The highest BCUT2D eigenvalue weighted by Gasteiger charge is 2.23. The molecule has 0 aliphatic rings. The van der Waals surface area contributed by atoms with Crippen molar-refractivity contribution in [3.8, 4) is 0 Å². The van der Waals surface area contributed by atoms with Crippen LogP contribution in [0.3, 0.4) is 0 Å². The Hall–Kier alpha value is -2.07. The van der Waals surface area contributed by atoms with E-state index in [-0.39, 0.29) is 12.8 Å². The van der Waals surface area contributed by atoms with Crippen LogP contribution in [0.2, 0.25) is 0 Å². The summed E-state index contributed by atoms with van der Waals surface area (Å²) in [6.07, 6.45) is 41.8. The van der Waals surface area contributed by atoms with Crippen LogP contribution in [0.25, 0.3) is 0 Å². The van der Waals surface area contributed by atoms with Crippen LogP contribution in [0.15, 0.2) is 48.6 Å². The average molecular weight is 841 g/mol. The maximum Gasteiger partial charge on any atom is 0.469 e. The number of carbonyl (C=O) groups is 2. The summed E-state index contributed by atoms with van der Waals surface area (Å²) in [6, 6.07) is 0. The van der Waals surface area contributed by atoms with Gasteiger partial charge in [0.1, 0.15) is 6.61 Å². The second kappa shape index (κ2) is 40.3. The molecule has 338 valence electrons. The lowest BCUT2D eigenvalue weighted by atomic mass is 10.0. The lowest BCUT2D eigenvalue weighted by molar-refractivity contribution is -0.161. The predicted molar refractivity (Wildman–Crippen MR) is 237 cm³/mol. The largest absolute Gasteiger partial charge is 0.469 e. The number of unbranched alkanes of at least 4 members (excludes halogenated alkanes) is 20. The molecular formula is C47H85O10P. The molecule has 0 amide bonds. The van der Waals surface area contributed by atoms with E-state index in [2.05, 4.69) is 31.4 Å². The first-order valence-electron chi connectivity index (χ1n) is 23.0. The van der Waals surface area contributed by atoms with Gasteiger partial charge in [-0.25, -0.2) is 4.57 Å². The van der Waals surface area contributed by atoms with Crippen molar-refractivity contribution >= 4 is 19.8 Å². The highest BCUT2D eigenvalue weighted by Crippen LogP contribution is 2.36. The molecule has 0 radical (unpaired) electrons. The third kappa shape index (κ3) is 43.5. The molecule has 0 unspecified atom stereocenters. The second-order valence-electron chi connectivity index (χ2n) is 16.3. The second-order valence-corrected chi connectivity index (χ2v) is 17.5. The molecule has 0 heterocycles. The van der Waals surface area contributed by atoms with Gasteiger partial charge in [0.25, 0.3) is 0 Å². The van der Waals surface area contributed by atoms with Gasteiger partial charge in [-0.3, -0.25) is 14.1 Å². The van der Waals surface area contributed by atoms with E-state index in [0.717, 1.165) is 31.6 Å². The maximum absolute atomic E-state index is 12.5. The summed E-state index contributed by atoms with van der Waals surface area (Å²) in [5.74, 6) is -0.282. The number of phosphoric ester groups is 1. The van der Waals surface area contributed by atoms with E-state index < -0.39 is 51.3 Å². The SMILES string of the molecule is CCCCC/C=C\C[C@@H](O)/C=C/C=C/C=C\[C@@H](O)CCCC(=O)OC[C@H](COP(=O)(O)O)OC(=O)CCCCCCCCCCCCCCCCCCCCC(C)C. The molecule has 0 saturated heterocycles. The first-order valence-corrected chi connectivity index (χ1v) is 24.5. The third-order valence-corrected chi connectivity index (χ3v) is 10.5. The summed E-state index contributed by atoms with van der Waals surface area (Å²) in [5.41, 5.74) is 0. The molecule has 10 nitrogen and oxygen atoms in total. The molecule has 0 fully saturated rings. The molecule has 3 atom stereocenters. The molecule has 0 aromatic carbocycles. The minimum Gasteiger partial charge on any atom is -0.462 e. The molecule has 0 aliphatic carbocycles. The molecule has 0 saturated carbocycles. The van der Waals surface area contributed by atoms with Crippen LogP contribution in [0, 0.1) is 5.92 Å². The zero-order valence-electron chi connectivity index (χ0n) is 36.8. The van der Waals surface area contributed by atoms with Crippen LogP contribution < -0.4 is 0 Å². The number of hydrogen-bond acceptors (Lipinski definition) is 8. The number of esters is 2. The van der Waals surface area contributed by atoms with E-state index in [4.69, 9.17) is 19.3 Å². The molecule has 0 rings (SSSR count). The lowest BCUT2D eigenvalue weighted by Crippen LogP contribution is -2.29. The molecule has 0 aromatic rings. The Morgan fingerprint density at radius 1 is 0.569 bits per heavy atom. The third-order valence-electron chi connectivity index (χ3n) is 9.97. The summed E-state index contributed by atoms with van der Waals surface area (Å²) >= 11 is 0. The van der Waals surface area contributed by atoms with Gasteiger partial charge in [0.05, 0.1) is 18.8 Å². The predicted octanol–water partition coefficient (Wildman–Crippen LogP) is 12.1. The van der Waals surface area contributed by atoms with Gasteiger partial charge >= 0.3 is 19.8 Å². The van der Waals surface area contributed by atoms with Gasteiger partial charge < -0.3 is 29.5 Å². The number of aliphatic hydroxyl groups is 2. The van der Waals surface area contributed by atoms with E-state index in [1.54, 1.807) is 36.5 Å². The first-order chi connectivity index (χ1) is 27.9. The van der Waals surface area contributed by atoms with E-state index in [1.807, 2.05) is 6.08 Å². The van der Waals surface area contributed by atoms with Gasteiger partial charge in [0.15, 0.2) is 6.10 Å². The van der Waals surface area contributed by atoms with Crippen molar-refractivity contribution in [1.29, 1.82) is 0 Å². The van der Waals surface area contributed by atoms with Crippen molar-refractivity contribution in [2.24, 2.45) is 5.92 Å². The first kappa shape index (κ1) is 55.9. The summed E-state index contributed by atoms with van der Waals surface area (Å²) in [7, 11) is -4.82. The highest BCUT2D eigenvalue weighted by molar-refractivity contribution is 7.46. The minimum atomic E-state index is -4.82. The van der Waals surface area contributed by atoms with E-state index in [0.29, 0.717) is 25.7 Å². The normalized spacial score (nSPS) is 14.1. The molecule has 11 heteroatoms. The topological polar surface area (TPSA) is 160 Å². The average Bonchev–Trinajstić information content (AvgIpc) is 3.17. The maximum atomic E-state index is 12.5. The van der Waals surface area contributed by atoms with Crippen LogP contribution in [-0.2, 0) is 28.2 Å². The van der Waals surface area contributed by atoms with Crippen LogP contribution in [0.4, 0.5) is 0 Å². The summed E-state index contributed by atoms with van der Waals surface area (Å²) < 4.78 is 26.3. The smallest absolute Gasteiger partial charge is 0.462 e. The van der Waals surface area contributed by atoms with Crippen molar-refractivity contribution in [2.45, 2.75) is 219 Å². The Bertz CT molecular complexity index is 1130. The van der Waals surface area contributed by atoms with Crippen molar-refractivity contribution in [2.75, 3.05) is 13.2 Å². The van der Waals surface area contributed by atoms with Gasteiger partial charge in [-0.05, 0) is 44.4 Å². The fraction of sp³-hybridized carbons (Fsp3) is 0.787. The number of hydrogen-bond donors (Lipinski definition) is 4. The Morgan fingerprint density at radius 3 is 1.59 bits per heavy atom. The molecule has 0 aromatic heterocycles. The van der Waals surface area contributed by atoms with Crippen molar-refractivity contribution in [3.05, 3.63) is 48.6 Å². The molecule has 0 aliphatic heterocycles. The number of allylic oxidation sites excluding steroid dienone is 5. The number of rotatable bonds is 41. The van der Waals surface area contributed by atoms with Gasteiger partial charge in [-0.15, -0.1) is 0 Å². The standard InChI is InChI=1S/C47H85O10P/c1-4-5-6-7-23-28-34-43(48)35-29-25-26-30-36-44(49)37-32-39-46(50)55-40-45(41-56-58(52,53)54)57-47(51)38-31-24-21-19-17-15-13-11-9-8-10-12-14-16-18-20-22-27-33-42(2)3/h23,25-26,28-30,35-36,42-45,48-49H,4-22,24,27,31-34,37-41H2,1-3H3,(H2,52,53,54)/b26-25+,28-23-,35-29+,36-30-/t43-,44-,45-/m1/s1. The monoisotopic (exact) mass is 841 g/mol. The molecule has 0 bridgehead atoms. The minimum absolute atomic E-state index is 0.00739. The number of aliphatic hydroxyl groups excluding tert-OH is 2. The van der Waals surface area contributed by atoms with Crippen molar-refractivity contribution < 1.29 is 48.2 Å². The summed E-state index contributed by atoms with van der Waals surface area (Å²) in [4.78, 5) is 43.0. The van der Waals surface area contributed by atoms with Crippen LogP contribution in [-0.4, -0.2) is 63.5 Å². The molecule has 0 spiro atoms. The Kier molecular flexibility index (Phi) is 38.9. The molecule has 58 heavy (non-hydrogen) atoms. The van der Waals surface area contributed by atoms with E-state index in [1.165, 1.54) is 116 Å². The lowest BCUT2D eigenvalue weighted by Gasteiger charge is -2.18. The Morgan fingerprint density at radius 2 is 1.07 bits per heavy atom. The Balaban J connectivity index is 4.07. The quantitative estimate of drug-likeness (QED) is 0.0153. The number of carbonyl (C=O) groups excluding carboxylic acids is 2. The zero-order chi connectivity index (χ0) is 43.0. The van der Waals surface area contributed by atoms with Crippen LogP contribution in [0.5, 0.6) is 0 Å². The highest BCUT2D eigenvalue weighted by atomic mass is 31.2. The summed E-state index contributed by atoms with van der Waals surface area (Å²) in [6.45, 7) is 5.79. The van der Waals surface area contributed by atoms with Gasteiger partial charge in [0.2, 0.25) is 0 Å². The fourth-order valence-corrected chi connectivity index (χ4v) is 6.82. The molecular weight excluding hydrogens is 755 g/mol. The number of ether oxygens (including phenoxy) is 2. The van der Waals surface area contributed by atoms with Gasteiger partial charge in [-0.2, -0.15) is 0 Å². The van der Waals surface area contributed by atoms with Gasteiger partial charge in [-0.1, -0.05) is 198 Å². The zero-order valence-corrected chi connectivity index (χ0v) is 37.7. The van der Waals surface area contributed by atoms with Crippen molar-refractivity contribution in [3.63, 3.8) is 0 Å². The van der Waals surface area contributed by atoms with Crippen LogP contribution >= 0.6 is 7.82 Å².